The number of pyridine rings is 1. The number of furan rings is 1. The van der Waals surface area contributed by atoms with Crippen molar-refractivity contribution in [1.29, 1.82) is 0 Å². The summed E-state index contributed by atoms with van der Waals surface area (Å²) in [6.45, 7) is 0. The predicted octanol–water partition coefficient (Wildman–Crippen LogP) is 11.6. The number of anilines is 3. The monoisotopic (exact) mass is 568 g/mol. The van der Waals surface area contributed by atoms with Crippen LogP contribution in [0, 0.1) is 0 Å². The van der Waals surface area contributed by atoms with E-state index in [1.807, 2.05) is 23.5 Å². The molecule has 0 radical (unpaired) electrons. The van der Waals surface area contributed by atoms with E-state index in [0.29, 0.717) is 5.71 Å². The summed E-state index contributed by atoms with van der Waals surface area (Å²) in [4.78, 5) is 7.16. The second-order valence-electron chi connectivity index (χ2n) is 10.8. The van der Waals surface area contributed by atoms with Crippen LogP contribution < -0.4 is 4.90 Å². The second-order valence-corrected chi connectivity index (χ2v) is 11.9. The molecule has 9 aromatic rings. The van der Waals surface area contributed by atoms with Crippen molar-refractivity contribution < 1.29 is 4.42 Å². The molecule has 4 heteroatoms. The Morgan fingerprint density at radius 2 is 1.16 bits per heavy atom. The summed E-state index contributed by atoms with van der Waals surface area (Å²) >= 11 is 1.84. The van der Waals surface area contributed by atoms with Crippen LogP contribution in [0.5, 0.6) is 0 Å². The lowest BCUT2D eigenvalue weighted by molar-refractivity contribution is 0.656. The van der Waals surface area contributed by atoms with Crippen LogP contribution >= 0.6 is 11.3 Å². The van der Waals surface area contributed by atoms with Crippen LogP contribution in [0.25, 0.3) is 64.3 Å². The van der Waals surface area contributed by atoms with Crippen molar-refractivity contribution >= 4 is 81.5 Å². The molecule has 0 aliphatic carbocycles. The van der Waals surface area contributed by atoms with Gasteiger partial charge >= 0.3 is 0 Å². The number of hydrogen-bond acceptors (Lipinski definition) is 4. The number of thiophene rings is 1. The van der Waals surface area contributed by atoms with Crippen LogP contribution in [0.15, 0.2) is 150 Å². The van der Waals surface area contributed by atoms with Crippen LogP contribution in [0.4, 0.5) is 17.1 Å². The fourth-order valence-electron chi connectivity index (χ4n) is 6.16. The first kappa shape index (κ1) is 24.2. The molecule has 0 amide bonds. The summed E-state index contributed by atoms with van der Waals surface area (Å²) in [5, 5.41) is 5.74. The van der Waals surface area contributed by atoms with Gasteiger partial charge in [-0.15, -0.1) is 11.3 Å². The molecule has 0 aliphatic heterocycles. The SMILES string of the molecule is c1ccc(-c2ccc(N(c3ccc4oc5nc6ccccc6cc5c4c3)c3ccc4sc5ccccc5c4c3)cc2)cc1. The van der Waals surface area contributed by atoms with E-state index in [0.717, 1.165) is 44.3 Å². The highest BCUT2D eigenvalue weighted by atomic mass is 32.1. The van der Waals surface area contributed by atoms with Crippen molar-refractivity contribution in [2.24, 2.45) is 0 Å². The zero-order chi connectivity index (χ0) is 28.3. The van der Waals surface area contributed by atoms with Crippen LogP contribution in [0.3, 0.4) is 0 Å². The number of hydrogen-bond donors (Lipinski definition) is 0. The Kier molecular flexibility index (Phi) is 5.37. The molecule has 0 saturated carbocycles. The zero-order valence-electron chi connectivity index (χ0n) is 23.1. The molecular formula is C39H24N2OS. The van der Waals surface area contributed by atoms with E-state index in [2.05, 4.69) is 138 Å². The highest BCUT2D eigenvalue weighted by molar-refractivity contribution is 7.25. The Hall–Kier alpha value is -5.45. The molecule has 0 fully saturated rings. The highest BCUT2D eigenvalue weighted by Gasteiger charge is 2.18. The van der Waals surface area contributed by atoms with Crippen LogP contribution in [0.1, 0.15) is 0 Å². The van der Waals surface area contributed by atoms with Gasteiger partial charge in [-0.1, -0.05) is 78.9 Å². The molecule has 202 valence electrons. The van der Waals surface area contributed by atoms with Gasteiger partial charge in [-0.05, 0) is 77.9 Å². The number of nitrogens with zero attached hydrogens (tertiary/aromatic N) is 2. The fourth-order valence-corrected chi connectivity index (χ4v) is 7.25. The topological polar surface area (TPSA) is 29.3 Å². The molecule has 0 unspecified atom stereocenters. The summed E-state index contributed by atoms with van der Waals surface area (Å²) in [6.07, 6.45) is 0. The smallest absolute Gasteiger partial charge is 0.227 e. The maximum atomic E-state index is 6.24. The molecule has 43 heavy (non-hydrogen) atoms. The summed E-state index contributed by atoms with van der Waals surface area (Å²) in [6, 6.07) is 51.7. The van der Waals surface area contributed by atoms with Gasteiger partial charge in [-0.2, -0.15) is 0 Å². The molecule has 3 nitrogen and oxygen atoms in total. The van der Waals surface area contributed by atoms with Crippen molar-refractivity contribution in [3.05, 3.63) is 146 Å². The van der Waals surface area contributed by atoms with E-state index in [1.54, 1.807) is 0 Å². The quantitative estimate of drug-likeness (QED) is 0.211. The van der Waals surface area contributed by atoms with Crippen LogP contribution in [-0.2, 0) is 0 Å². The summed E-state index contributed by atoms with van der Waals surface area (Å²) in [7, 11) is 0. The van der Waals surface area contributed by atoms with Gasteiger partial charge in [-0.25, -0.2) is 4.98 Å². The zero-order valence-corrected chi connectivity index (χ0v) is 23.9. The van der Waals surface area contributed by atoms with Gasteiger partial charge in [0.1, 0.15) is 5.58 Å². The Balaban J connectivity index is 1.25. The van der Waals surface area contributed by atoms with Crippen molar-refractivity contribution in [2.45, 2.75) is 0 Å². The number of fused-ring (bicyclic) bond motifs is 7. The Morgan fingerprint density at radius 1 is 0.488 bits per heavy atom. The average Bonchev–Trinajstić information content (AvgIpc) is 3.62. The maximum absolute atomic E-state index is 6.24. The van der Waals surface area contributed by atoms with E-state index >= 15 is 0 Å². The predicted molar refractivity (Wildman–Crippen MR) is 182 cm³/mol. The van der Waals surface area contributed by atoms with Crippen molar-refractivity contribution in [2.75, 3.05) is 4.90 Å². The Bertz CT molecular complexity index is 2460. The minimum absolute atomic E-state index is 0.663. The van der Waals surface area contributed by atoms with Crippen LogP contribution in [-0.4, -0.2) is 4.98 Å². The molecule has 6 aromatic carbocycles. The number of aromatic nitrogens is 1. The molecule has 9 rings (SSSR count). The Morgan fingerprint density at radius 3 is 2.05 bits per heavy atom. The largest absolute Gasteiger partial charge is 0.438 e. The average molecular weight is 569 g/mol. The van der Waals surface area contributed by atoms with Crippen molar-refractivity contribution in [3.8, 4) is 11.1 Å². The highest BCUT2D eigenvalue weighted by Crippen LogP contribution is 2.42. The first-order chi connectivity index (χ1) is 21.3. The third kappa shape index (κ3) is 3.99. The lowest BCUT2D eigenvalue weighted by Crippen LogP contribution is -2.09. The summed E-state index contributed by atoms with van der Waals surface area (Å²) < 4.78 is 8.83. The van der Waals surface area contributed by atoms with E-state index in [9.17, 15) is 0 Å². The van der Waals surface area contributed by atoms with Crippen LogP contribution in [0.2, 0.25) is 0 Å². The fraction of sp³-hybridized carbons (Fsp3) is 0. The number of rotatable bonds is 4. The molecular weight excluding hydrogens is 545 g/mol. The Labute approximate surface area is 251 Å². The third-order valence-electron chi connectivity index (χ3n) is 8.26. The minimum Gasteiger partial charge on any atom is -0.438 e. The first-order valence-electron chi connectivity index (χ1n) is 14.4. The number of para-hydroxylation sites is 1. The first-order valence-corrected chi connectivity index (χ1v) is 15.2. The molecule has 3 aromatic heterocycles. The molecule has 0 N–H and O–H groups in total. The lowest BCUT2D eigenvalue weighted by atomic mass is 10.0. The van der Waals surface area contributed by atoms with Crippen molar-refractivity contribution in [1.82, 2.24) is 4.98 Å². The van der Waals surface area contributed by atoms with E-state index in [-0.39, 0.29) is 0 Å². The van der Waals surface area contributed by atoms with Gasteiger partial charge in [0.25, 0.3) is 0 Å². The lowest BCUT2D eigenvalue weighted by Gasteiger charge is -2.26. The van der Waals surface area contributed by atoms with Gasteiger partial charge in [0.15, 0.2) is 0 Å². The standard InChI is InChI=1S/C39H24N2OS/c1-2-8-25(9-3-1)26-14-16-28(17-15-26)41(30-19-21-38-33(24-30)31-11-5-7-13-37(31)43-38)29-18-20-36-32(23-29)34-22-27-10-4-6-12-35(27)40-39(34)42-36/h1-24H. The normalized spacial score (nSPS) is 11.7. The van der Waals surface area contributed by atoms with Gasteiger partial charge in [0, 0.05) is 53.4 Å². The van der Waals surface area contributed by atoms with Gasteiger partial charge in [0.05, 0.1) is 5.52 Å². The second kappa shape index (κ2) is 9.55. The van der Waals surface area contributed by atoms with E-state index in [4.69, 9.17) is 9.40 Å². The van der Waals surface area contributed by atoms with Gasteiger partial charge in [0.2, 0.25) is 5.71 Å². The van der Waals surface area contributed by atoms with E-state index in [1.165, 1.54) is 31.3 Å². The van der Waals surface area contributed by atoms with Gasteiger partial charge in [-0.3, -0.25) is 0 Å². The number of benzene rings is 6. The molecule has 0 saturated heterocycles. The summed E-state index contributed by atoms with van der Waals surface area (Å²) in [5.41, 5.74) is 8.10. The maximum Gasteiger partial charge on any atom is 0.227 e. The summed E-state index contributed by atoms with van der Waals surface area (Å²) in [5.74, 6) is 0. The molecule has 3 heterocycles. The molecule has 0 atom stereocenters. The van der Waals surface area contributed by atoms with Crippen molar-refractivity contribution in [3.63, 3.8) is 0 Å². The van der Waals surface area contributed by atoms with E-state index < -0.39 is 0 Å². The molecule has 0 bridgehead atoms. The molecule has 0 aliphatic rings. The van der Waals surface area contributed by atoms with Gasteiger partial charge < -0.3 is 9.32 Å². The minimum atomic E-state index is 0.663. The third-order valence-corrected chi connectivity index (χ3v) is 9.41. The molecule has 0 spiro atoms.